The van der Waals surface area contributed by atoms with E-state index in [1.54, 1.807) is 12.3 Å². The number of benzene rings is 1. The van der Waals surface area contributed by atoms with Gasteiger partial charge in [0.2, 0.25) is 0 Å². The van der Waals surface area contributed by atoms with Crippen LogP contribution in [-0.2, 0) is 0 Å². The fourth-order valence-corrected chi connectivity index (χ4v) is 4.49. The summed E-state index contributed by atoms with van der Waals surface area (Å²) in [7, 11) is 4.07. The minimum absolute atomic E-state index is 0.128. The predicted octanol–water partition coefficient (Wildman–Crippen LogP) is 4.78. The fourth-order valence-electron chi connectivity index (χ4n) is 3.61. The molecule has 0 bridgehead atoms. The Balaban J connectivity index is 1.71. The van der Waals surface area contributed by atoms with Gasteiger partial charge in [0.1, 0.15) is 23.4 Å². The van der Waals surface area contributed by atoms with Gasteiger partial charge in [-0.3, -0.25) is 4.98 Å². The van der Waals surface area contributed by atoms with E-state index in [4.69, 9.17) is 16.6 Å². The summed E-state index contributed by atoms with van der Waals surface area (Å²) in [6.45, 7) is 1.60. The number of hydrogen-bond donors (Lipinski definition) is 1. The number of furan rings is 1. The first-order valence-corrected chi connectivity index (χ1v) is 10.8. The Bertz CT molecular complexity index is 1040. The van der Waals surface area contributed by atoms with Gasteiger partial charge in [-0.05, 0) is 84.7 Å². The highest BCUT2D eigenvalue weighted by Gasteiger charge is 2.41. The van der Waals surface area contributed by atoms with E-state index in [0.717, 1.165) is 30.1 Å². The normalized spacial score (nSPS) is 18.8. The largest absolute Gasteiger partial charge is 0.459 e. The molecule has 156 valence electrons. The first kappa shape index (κ1) is 21.0. The summed E-state index contributed by atoms with van der Waals surface area (Å²) < 4.78 is 20.4. The topological polar surface area (TPSA) is 44.5 Å². The van der Waals surface area contributed by atoms with Gasteiger partial charge in [0.05, 0.1) is 11.7 Å². The first-order valence-electron chi connectivity index (χ1n) is 9.62. The van der Waals surface area contributed by atoms with Crippen molar-refractivity contribution in [1.29, 1.82) is 0 Å². The molecule has 1 aliphatic heterocycles. The number of nitrogens with one attached hydrogen (secondary N) is 1. The lowest BCUT2D eigenvalue weighted by Crippen LogP contribution is -2.35. The molecule has 0 radical (unpaired) electrons. The maximum Gasteiger partial charge on any atom is 0.170 e. The molecule has 30 heavy (non-hydrogen) atoms. The van der Waals surface area contributed by atoms with Crippen molar-refractivity contribution in [3.63, 3.8) is 0 Å². The Morgan fingerprint density at radius 1 is 1.23 bits per heavy atom. The van der Waals surface area contributed by atoms with Crippen molar-refractivity contribution in [2.45, 2.75) is 12.1 Å². The van der Waals surface area contributed by atoms with E-state index in [2.05, 4.69) is 36.0 Å². The van der Waals surface area contributed by atoms with E-state index in [-0.39, 0.29) is 17.9 Å². The molecule has 0 aliphatic carbocycles. The number of rotatable bonds is 6. The lowest BCUT2D eigenvalue weighted by Gasteiger charge is -2.27. The number of nitrogens with zero attached hydrogens (tertiary/aromatic N) is 3. The number of aromatic nitrogens is 1. The Labute approximate surface area is 189 Å². The van der Waals surface area contributed by atoms with Crippen LogP contribution in [0, 0.1) is 5.82 Å². The molecule has 1 N–H and O–H groups in total. The third-order valence-corrected chi connectivity index (χ3v) is 6.11. The lowest BCUT2D eigenvalue weighted by molar-refractivity contribution is 0.250. The molecule has 8 heteroatoms. The Hall–Kier alpha value is -2.29. The van der Waals surface area contributed by atoms with Crippen molar-refractivity contribution in [2.75, 3.05) is 27.2 Å². The molecular formula is C22H22BrFN4OS. The molecule has 0 spiro atoms. The minimum Gasteiger partial charge on any atom is -0.459 e. The number of thiocarbonyl (C=S) groups is 1. The van der Waals surface area contributed by atoms with E-state index in [0.29, 0.717) is 15.3 Å². The average molecular weight is 489 g/mol. The zero-order valence-electron chi connectivity index (χ0n) is 16.7. The van der Waals surface area contributed by atoms with Crippen LogP contribution in [0.2, 0.25) is 0 Å². The Morgan fingerprint density at radius 3 is 2.77 bits per heavy atom. The summed E-state index contributed by atoms with van der Waals surface area (Å²) in [4.78, 5) is 8.81. The SMILES string of the molecule is CN(C)CCN1C(=S)N[C@H](c2ccccn2)[C@@H]1c1ccc(-c2ccc(F)cc2Br)o1. The molecule has 2 atom stereocenters. The molecule has 0 saturated carbocycles. The molecular weight excluding hydrogens is 467 g/mol. The third kappa shape index (κ3) is 4.26. The molecule has 1 aliphatic rings. The molecule has 2 aromatic heterocycles. The maximum absolute atomic E-state index is 13.5. The number of likely N-dealkylation sites (N-methyl/N-ethyl adjacent to an activating group) is 1. The Kier molecular flexibility index (Phi) is 6.17. The van der Waals surface area contributed by atoms with Crippen molar-refractivity contribution < 1.29 is 8.81 Å². The molecule has 1 aromatic carbocycles. The van der Waals surface area contributed by atoms with Crippen LogP contribution in [0.3, 0.4) is 0 Å². The molecule has 1 saturated heterocycles. The summed E-state index contributed by atoms with van der Waals surface area (Å²) in [5, 5.41) is 4.10. The lowest BCUT2D eigenvalue weighted by atomic mass is 10.0. The van der Waals surface area contributed by atoms with Crippen LogP contribution in [0.5, 0.6) is 0 Å². The third-order valence-electron chi connectivity index (χ3n) is 5.10. The average Bonchev–Trinajstić information content (AvgIpc) is 3.31. The summed E-state index contributed by atoms with van der Waals surface area (Å²) in [5.41, 5.74) is 1.70. The second-order valence-electron chi connectivity index (χ2n) is 7.45. The van der Waals surface area contributed by atoms with E-state index < -0.39 is 0 Å². The zero-order valence-corrected chi connectivity index (χ0v) is 19.1. The van der Waals surface area contributed by atoms with Gasteiger partial charge in [0, 0.05) is 29.3 Å². The van der Waals surface area contributed by atoms with Crippen LogP contribution in [0.15, 0.2) is 63.6 Å². The second kappa shape index (κ2) is 8.83. The van der Waals surface area contributed by atoms with Gasteiger partial charge in [-0.1, -0.05) is 6.07 Å². The van der Waals surface area contributed by atoms with Crippen molar-refractivity contribution >= 4 is 33.3 Å². The van der Waals surface area contributed by atoms with Crippen molar-refractivity contribution in [3.8, 4) is 11.3 Å². The monoisotopic (exact) mass is 488 g/mol. The molecule has 5 nitrogen and oxygen atoms in total. The van der Waals surface area contributed by atoms with Crippen LogP contribution < -0.4 is 5.32 Å². The highest BCUT2D eigenvalue weighted by atomic mass is 79.9. The van der Waals surface area contributed by atoms with E-state index in [1.165, 1.54) is 12.1 Å². The predicted molar refractivity (Wildman–Crippen MR) is 123 cm³/mol. The molecule has 4 rings (SSSR count). The zero-order chi connectivity index (χ0) is 21.3. The van der Waals surface area contributed by atoms with Gasteiger partial charge < -0.3 is 19.5 Å². The Morgan fingerprint density at radius 2 is 2.07 bits per heavy atom. The van der Waals surface area contributed by atoms with Gasteiger partial charge in [0.15, 0.2) is 5.11 Å². The van der Waals surface area contributed by atoms with Crippen LogP contribution in [0.4, 0.5) is 4.39 Å². The van der Waals surface area contributed by atoms with Crippen LogP contribution in [-0.4, -0.2) is 47.1 Å². The summed E-state index contributed by atoms with van der Waals surface area (Å²) in [6, 6.07) is 14.0. The first-order chi connectivity index (χ1) is 14.4. The van der Waals surface area contributed by atoms with Crippen LogP contribution >= 0.6 is 28.1 Å². The molecule has 3 heterocycles. The van der Waals surface area contributed by atoms with Crippen molar-refractivity contribution in [2.24, 2.45) is 0 Å². The van der Waals surface area contributed by atoms with Crippen LogP contribution in [0.25, 0.3) is 11.3 Å². The smallest absolute Gasteiger partial charge is 0.170 e. The van der Waals surface area contributed by atoms with Gasteiger partial charge in [-0.2, -0.15) is 0 Å². The number of pyridine rings is 1. The highest BCUT2D eigenvalue weighted by Crippen LogP contribution is 2.41. The second-order valence-corrected chi connectivity index (χ2v) is 8.69. The van der Waals surface area contributed by atoms with Gasteiger partial charge >= 0.3 is 0 Å². The van der Waals surface area contributed by atoms with Crippen molar-refractivity contribution in [3.05, 3.63) is 76.5 Å². The quantitative estimate of drug-likeness (QED) is 0.503. The number of hydrogen-bond acceptors (Lipinski definition) is 4. The van der Waals surface area contributed by atoms with E-state index in [9.17, 15) is 4.39 Å². The van der Waals surface area contributed by atoms with Crippen molar-refractivity contribution in [1.82, 2.24) is 20.1 Å². The van der Waals surface area contributed by atoms with Gasteiger partial charge in [-0.25, -0.2) is 4.39 Å². The molecule has 0 amide bonds. The van der Waals surface area contributed by atoms with Gasteiger partial charge in [-0.15, -0.1) is 0 Å². The van der Waals surface area contributed by atoms with Crippen LogP contribution in [0.1, 0.15) is 23.5 Å². The molecule has 0 unspecified atom stereocenters. The molecule has 1 fully saturated rings. The van der Waals surface area contributed by atoms with Gasteiger partial charge in [0.25, 0.3) is 0 Å². The molecule has 3 aromatic rings. The van der Waals surface area contributed by atoms with E-state index >= 15 is 0 Å². The highest BCUT2D eigenvalue weighted by molar-refractivity contribution is 9.10. The summed E-state index contributed by atoms with van der Waals surface area (Å²) in [5.74, 6) is 1.15. The maximum atomic E-state index is 13.5. The standard InChI is InChI=1S/C22H22BrFN4OS/c1-27(2)11-12-28-21(20(26-22(28)30)17-5-3-4-10-25-17)19-9-8-18(29-19)15-7-6-14(24)13-16(15)23/h3-10,13,20-21H,11-12H2,1-2H3,(H,26,30)/t20-,21+/m1/s1. The van der Waals surface area contributed by atoms with E-state index in [1.807, 2.05) is 44.4 Å². The fraction of sp³-hybridized carbons (Fsp3) is 0.273. The minimum atomic E-state index is -0.298. The number of halogens is 2. The summed E-state index contributed by atoms with van der Waals surface area (Å²) >= 11 is 9.09. The summed E-state index contributed by atoms with van der Waals surface area (Å²) in [6.07, 6.45) is 1.78.